The minimum atomic E-state index is -0.383. The van der Waals surface area contributed by atoms with Gasteiger partial charge in [-0.15, -0.1) is 11.3 Å². The van der Waals surface area contributed by atoms with Crippen LogP contribution in [0.15, 0.2) is 60.8 Å². The van der Waals surface area contributed by atoms with Crippen LogP contribution < -0.4 is 11.1 Å². The number of nitrogens with zero attached hydrogens (tertiary/aromatic N) is 1. The average Bonchev–Trinajstić information content (AvgIpc) is 3.39. The van der Waals surface area contributed by atoms with Crippen molar-refractivity contribution >= 4 is 23.4 Å². The first-order valence-electron chi connectivity index (χ1n) is 12.5. The number of nitrogens with one attached hydrogen (secondary N) is 1. The van der Waals surface area contributed by atoms with Crippen molar-refractivity contribution in [1.82, 2.24) is 10.3 Å². The van der Waals surface area contributed by atoms with Crippen molar-refractivity contribution in [1.29, 1.82) is 0 Å². The van der Waals surface area contributed by atoms with E-state index in [2.05, 4.69) is 34.6 Å². The third-order valence-electron chi connectivity index (χ3n) is 5.57. The van der Waals surface area contributed by atoms with Crippen LogP contribution in [-0.2, 0) is 33.7 Å². The Morgan fingerprint density at radius 3 is 2.47 bits per heavy atom. The number of carbonyl (C=O) groups is 2. The van der Waals surface area contributed by atoms with E-state index in [1.807, 2.05) is 36.5 Å². The SMILES string of the molecule is NCCCCOC(=O)CCc1ncc(-c2ccc(CCCCNC(=O)OCc3ccccc3)cc2)s1. The van der Waals surface area contributed by atoms with Gasteiger partial charge >= 0.3 is 12.1 Å². The molecule has 3 aromatic rings. The van der Waals surface area contributed by atoms with E-state index in [0.29, 0.717) is 32.5 Å². The van der Waals surface area contributed by atoms with Crippen molar-refractivity contribution in [2.75, 3.05) is 19.7 Å². The highest BCUT2D eigenvalue weighted by Gasteiger charge is 2.09. The zero-order chi connectivity index (χ0) is 25.4. The lowest BCUT2D eigenvalue weighted by Crippen LogP contribution is -2.25. The van der Waals surface area contributed by atoms with Crippen LogP contribution in [0.2, 0.25) is 0 Å². The standard InChI is InChI=1S/C28H35N3O4S/c29-17-5-7-19-34-27(32)16-15-26-31-20-25(36-26)24-13-11-22(12-14-24)8-4-6-18-30-28(33)35-21-23-9-2-1-3-10-23/h1-3,9-14,20H,4-8,15-19,21,29H2,(H,30,33). The second kappa shape index (κ2) is 15.7. The summed E-state index contributed by atoms with van der Waals surface area (Å²) in [6.07, 6.45) is 6.89. The van der Waals surface area contributed by atoms with Gasteiger partial charge in [-0.25, -0.2) is 9.78 Å². The molecule has 0 bridgehead atoms. The molecule has 0 aliphatic rings. The largest absolute Gasteiger partial charge is 0.466 e. The summed E-state index contributed by atoms with van der Waals surface area (Å²) in [4.78, 5) is 29.2. The quantitative estimate of drug-likeness (QED) is 0.214. The van der Waals surface area contributed by atoms with Crippen LogP contribution in [0, 0.1) is 0 Å². The van der Waals surface area contributed by atoms with Crippen molar-refractivity contribution < 1.29 is 19.1 Å². The van der Waals surface area contributed by atoms with Gasteiger partial charge in [-0.2, -0.15) is 0 Å². The highest BCUT2D eigenvalue weighted by atomic mass is 32.1. The Morgan fingerprint density at radius 2 is 1.69 bits per heavy atom. The summed E-state index contributed by atoms with van der Waals surface area (Å²) in [5, 5.41) is 3.74. The van der Waals surface area contributed by atoms with E-state index < -0.39 is 0 Å². The van der Waals surface area contributed by atoms with Gasteiger partial charge < -0.3 is 20.5 Å². The molecule has 1 heterocycles. The molecule has 1 amide bonds. The second-order valence-electron chi connectivity index (χ2n) is 8.48. The molecule has 7 nitrogen and oxygen atoms in total. The summed E-state index contributed by atoms with van der Waals surface area (Å²) in [6, 6.07) is 18.1. The van der Waals surface area contributed by atoms with Crippen molar-refractivity contribution in [3.8, 4) is 10.4 Å². The maximum atomic E-state index is 11.8. The summed E-state index contributed by atoms with van der Waals surface area (Å²) in [6.45, 7) is 1.92. The summed E-state index contributed by atoms with van der Waals surface area (Å²) >= 11 is 1.61. The van der Waals surface area contributed by atoms with E-state index in [0.717, 1.165) is 53.1 Å². The molecule has 0 fully saturated rings. The Morgan fingerprint density at radius 1 is 0.889 bits per heavy atom. The van der Waals surface area contributed by atoms with Crippen molar-refractivity contribution in [3.63, 3.8) is 0 Å². The van der Waals surface area contributed by atoms with E-state index in [1.165, 1.54) is 5.56 Å². The topological polar surface area (TPSA) is 104 Å². The molecule has 36 heavy (non-hydrogen) atoms. The predicted molar refractivity (Wildman–Crippen MR) is 143 cm³/mol. The summed E-state index contributed by atoms with van der Waals surface area (Å²) in [5.74, 6) is -0.188. The van der Waals surface area contributed by atoms with Gasteiger partial charge in [-0.1, -0.05) is 54.6 Å². The number of aryl methyl sites for hydroxylation is 2. The molecule has 0 aliphatic carbocycles. The van der Waals surface area contributed by atoms with E-state index in [9.17, 15) is 9.59 Å². The number of benzene rings is 2. The van der Waals surface area contributed by atoms with Gasteiger partial charge in [0, 0.05) is 19.2 Å². The molecule has 0 radical (unpaired) electrons. The highest BCUT2D eigenvalue weighted by molar-refractivity contribution is 7.15. The minimum Gasteiger partial charge on any atom is -0.466 e. The number of esters is 1. The summed E-state index contributed by atoms with van der Waals surface area (Å²) < 4.78 is 10.4. The first-order valence-corrected chi connectivity index (χ1v) is 13.3. The van der Waals surface area contributed by atoms with Gasteiger partial charge in [0.1, 0.15) is 6.61 Å². The number of ether oxygens (including phenoxy) is 2. The molecule has 192 valence electrons. The Balaban J connectivity index is 1.30. The maximum absolute atomic E-state index is 11.8. The first kappa shape index (κ1) is 27.4. The molecule has 2 aromatic carbocycles. The highest BCUT2D eigenvalue weighted by Crippen LogP contribution is 2.27. The fourth-order valence-electron chi connectivity index (χ4n) is 3.53. The van der Waals surface area contributed by atoms with Gasteiger partial charge in [-0.05, 0) is 55.3 Å². The second-order valence-corrected chi connectivity index (χ2v) is 9.59. The Hall–Kier alpha value is -3.23. The molecule has 0 spiro atoms. The van der Waals surface area contributed by atoms with Crippen molar-refractivity contribution in [3.05, 3.63) is 76.9 Å². The van der Waals surface area contributed by atoms with E-state index in [1.54, 1.807) is 11.3 Å². The van der Waals surface area contributed by atoms with E-state index in [4.69, 9.17) is 15.2 Å². The van der Waals surface area contributed by atoms with Crippen LogP contribution in [0.3, 0.4) is 0 Å². The molecule has 0 saturated heterocycles. The monoisotopic (exact) mass is 509 g/mol. The lowest BCUT2D eigenvalue weighted by atomic mass is 10.1. The van der Waals surface area contributed by atoms with Crippen LogP contribution in [0.1, 0.15) is 48.2 Å². The molecule has 3 rings (SSSR count). The first-order chi connectivity index (χ1) is 17.6. The molecule has 3 N–H and O–H groups in total. The fraction of sp³-hybridized carbons (Fsp3) is 0.393. The molecule has 0 aliphatic heterocycles. The van der Waals surface area contributed by atoms with E-state index >= 15 is 0 Å². The molecule has 0 atom stereocenters. The molecular formula is C28H35N3O4S. The predicted octanol–water partition coefficient (Wildman–Crippen LogP) is 5.27. The average molecular weight is 510 g/mol. The summed E-state index contributed by atoms with van der Waals surface area (Å²) in [7, 11) is 0. The molecule has 1 aromatic heterocycles. The van der Waals surface area contributed by atoms with Gasteiger partial charge in [0.25, 0.3) is 0 Å². The zero-order valence-electron chi connectivity index (χ0n) is 20.6. The number of nitrogens with two attached hydrogens (primary N) is 1. The number of alkyl carbamates (subject to hydrolysis) is 1. The van der Waals surface area contributed by atoms with Crippen molar-refractivity contribution in [2.45, 2.75) is 51.6 Å². The minimum absolute atomic E-state index is 0.188. The number of rotatable bonds is 15. The molecular weight excluding hydrogens is 474 g/mol. The van der Waals surface area contributed by atoms with Crippen LogP contribution in [-0.4, -0.2) is 36.7 Å². The van der Waals surface area contributed by atoms with Gasteiger partial charge in [0.2, 0.25) is 0 Å². The number of amides is 1. The normalized spacial score (nSPS) is 10.7. The van der Waals surface area contributed by atoms with Crippen LogP contribution >= 0.6 is 11.3 Å². The number of hydrogen-bond donors (Lipinski definition) is 2. The lowest BCUT2D eigenvalue weighted by molar-refractivity contribution is -0.143. The van der Waals surface area contributed by atoms with Crippen LogP contribution in [0.4, 0.5) is 4.79 Å². The number of aromatic nitrogens is 1. The summed E-state index contributed by atoms with van der Waals surface area (Å²) in [5.41, 5.74) is 8.79. The molecule has 8 heteroatoms. The van der Waals surface area contributed by atoms with Crippen LogP contribution in [0.25, 0.3) is 10.4 Å². The third kappa shape index (κ3) is 10.2. The Bertz CT molecular complexity index is 1050. The van der Waals surface area contributed by atoms with Gasteiger partial charge in [0.15, 0.2) is 0 Å². The maximum Gasteiger partial charge on any atom is 0.407 e. The Kier molecular flexibility index (Phi) is 11.9. The molecule has 0 unspecified atom stereocenters. The van der Waals surface area contributed by atoms with Gasteiger partial charge in [0.05, 0.1) is 22.9 Å². The van der Waals surface area contributed by atoms with Crippen LogP contribution in [0.5, 0.6) is 0 Å². The number of hydrogen-bond acceptors (Lipinski definition) is 7. The third-order valence-corrected chi connectivity index (χ3v) is 6.68. The smallest absolute Gasteiger partial charge is 0.407 e. The van der Waals surface area contributed by atoms with E-state index in [-0.39, 0.29) is 18.7 Å². The lowest BCUT2D eigenvalue weighted by Gasteiger charge is -2.07. The number of unbranched alkanes of at least 4 members (excludes halogenated alkanes) is 2. The van der Waals surface area contributed by atoms with Crippen molar-refractivity contribution in [2.24, 2.45) is 5.73 Å². The van der Waals surface area contributed by atoms with Gasteiger partial charge in [-0.3, -0.25) is 4.79 Å². The Labute approximate surface area is 217 Å². The fourth-order valence-corrected chi connectivity index (χ4v) is 4.45. The number of carbonyl (C=O) groups excluding carboxylic acids is 2. The molecule has 0 saturated carbocycles. The number of thiazole rings is 1. The zero-order valence-corrected chi connectivity index (χ0v) is 21.4.